The summed E-state index contributed by atoms with van der Waals surface area (Å²) < 4.78 is 13.1. The number of hydrogen-bond donors (Lipinski definition) is 1. The molecule has 1 fully saturated rings. The van der Waals surface area contributed by atoms with Crippen LogP contribution in [0, 0.1) is 5.82 Å². The van der Waals surface area contributed by atoms with Crippen molar-refractivity contribution in [2.24, 2.45) is 0 Å². The van der Waals surface area contributed by atoms with E-state index in [1.54, 1.807) is 18.5 Å². The second-order valence-electron chi connectivity index (χ2n) is 6.96. The first kappa shape index (κ1) is 17.5. The van der Waals surface area contributed by atoms with Gasteiger partial charge in [-0.3, -0.25) is 14.7 Å². The lowest BCUT2D eigenvalue weighted by Gasteiger charge is -2.32. The third-order valence-corrected chi connectivity index (χ3v) is 4.96. The SMILES string of the molecule is O=c1cc([C@H]2CCCN(Cc3ccc(F)cc3)C2)nc(-c2ccncc2)[nH]1. The number of piperidine rings is 1. The maximum atomic E-state index is 13.1. The molecule has 0 aliphatic carbocycles. The summed E-state index contributed by atoms with van der Waals surface area (Å²) in [5.41, 5.74) is 2.63. The average Bonchev–Trinajstić information content (AvgIpc) is 2.70. The minimum absolute atomic E-state index is 0.137. The molecule has 0 unspecified atom stereocenters. The molecule has 0 amide bonds. The molecule has 0 bridgehead atoms. The number of aromatic nitrogens is 3. The normalized spacial score (nSPS) is 17.7. The van der Waals surface area contributed by atoms with Gasteiger partial charge in [0.1, 0.15) is 11.6 Å². The number of nitrogens with zero attached hydrogens (tertiary/aromatic N) is 3. The quantitative estimate of drug-likeness (QED) is 0.771. The lowest BCUT2D eigenvalue weighted by molar-refractivity contribution is 0.198. The van der Waals surface area contributed by atoms with Gasteiger partial charge in [0.15, 0.2) is 0 Å². The van der Waals surface area contributed by atoms with E-state index < -0.39 is 0 Å². The highest BCUT2D eigenvalue weighted by atomic mass is 19.1. The van der Waals surface area contributed by atoms with Crippen molar-refractivity contribution in [2.45, 2.75) is 25.3 Å². The predicted molar refractivity (Wildman–Crippen MR) is 102 cm³/mol. The number of H-pyrrole nitrogens is 1. The summed E-state index contributed by atoms with van der Waals surface area (Å²) in [7, 11) is 0. The van der Waals surface area contributed by atoms with Gasteiger partial charge in [-0.05, 0) is 49.2 Å². The Morgan fingerprint density at radius 2 is 1.93 bits per heavy atom. The Kier molecular flexibility index (Phi) is 5.07. The van der Waals surface area contributed by atoms with E-state index in [0.29, 0.717) is 5.82 Å². The van der Waals surface area contributed by atoms with Crippen LogP contribution in [0.4, 0.5) is 4.39 Å². The van der Waals surface area contributed by atoms with Crippen LogP contribution >= 0.6 is 0 Å². The van der Waals surface area contributed by atoms with E-state index in [-0.39, 0.29) is 17.3 Å². The number of benzene rings is 1. The number of pyridine rings is 1. The minimum atomic E-state index is -0.216. The first-order chi connectivity index (χ1) is 13.2. The fraction of sp³-hybridized carbons (Fsp3) is 0.286. The summed E-state index contributed by atoms with van der Waals surface area (Å²) in [6, 6.07) is 11.9. The molecule has 1 aliphatic heterocycles. The highest BCUT2D eigenvalue weighted by Crippen LogP contribution is 2.27. The third-order valence-electron chi connectivity index (χ3n) is 4.96. The minimum Gasteiger partial charge on any atom is -0.307 e. The van der Waals surface area contributed by atoms with Crippen LogP contribution in [0.5, 0.6) is 0 Å². The highest BCUT2D eigenvalue weighted by Gasteiger charge is 2.23. The van der Waals surface area contributed by atoms with Crippen molar-refractivity contribution < 1.29 is 4.39 Å². The summed E-state index contributed by atoms with van der Waals surface area (Å²) in [4.78, 5) is 26.1. The molecule has 1 N–H and O–H groups in total. The number of halogens is 1. The highest BCUT2D eigenvalue weighted by molar-refractivity contribution is 5.53. The first-order valence-corrected chi connectivity index (χ1v) is 9.16. The van der Waals surface area contributed by atoms with Gasteiger partial charge in [0, 0.05) is 43.0 Å². The van der Waals surface area contributed by atoms with E-state index in [0.717, 1.165) is 49.3 Å². The van der Waals surface area contributed by atoms with Gasteiger partial charge in [-0.15, -0.1) is 0 Å². The van der Waals surface area contributed by atoms with Crippen LogP contribution in [-0.2, 0) is 6.54 Å². The summed E-state index contributed by atoms with van der Waals surface area (Å²) in [5, 5.41) is 0. The summed E-state index contributed by atoms with van der Waals surface area (Å²) in [6.07, 6.45) is 5.43. The van der Waals surface area contributed by atoms with Crippen molar-refractivity contribution in [1.82, 2.24) is 19.9 Å². The fourth-order valence-electron chi connectivity index (χ4n) is 3.62. The summed E-state index contributed by atoms with van der Waals surface area (Å²) >= 11 is 0. The van der Waals surface area contributed by atoms with E-state index in [1.807, 2.05) is 24.3 Å². The number of aromatic amines is 1. The second kappa shape index (κ2) is 7.80. The molecule has 27 heavy (non-hydrogen) atoms. The Bertz CT molecular complexity index is 956. The van der Waals surface area contributed by atoms with Gasteiger partial charge in [-0.2, -0.15) is 0 Å². The fourth-order valence-corrected chi connectivity index (χ4v) is 3.62. The van der Waals surface area contributed by atoms with E-state index in [4.69, 9.17) is 4.98 Å². The molecule has 1 aromatic carbocycles. The molecule has 1 saturated heterocycles. The maximum absolute atomic E-state index is 13.1. The molecule has 0 spiro atoms. The maximum Gasteiger partial charge on any atom is 0.251 e. The van der Waals surface area contributed by atoms with Crippen LogP contribution in [0.15, 0.2) is 59.7 Å². The van der Waals surface area contributed by atoms with Crippen LogP contribution in [-0.4, -0.2) is 32.9 Å². The van der Waals surface area contributed by atoms with Crippen LogP contribution in [0.25, 0.3) is 11.4 Å². The number of nitrogens with one attached hydrogen (secondary N) is 1. The number of likely N-dealkylation sites (tertiary alicyclic amines) is 1. The van der Waals surface area contributed by atoms with Crippen LogP contribution in [0.3, 0.4) is 0 Å². The largest absolute Gasteiger partial charge is 0.307 e. The molecule has 3 aromatic rings. The second-order valence-corrected chi connectivity index (χ2v) is 6.96. The molecule has 1 aliphatic rings. The molecule has 0 saturated carbocycles. The molecule has 6 heteroatoms. The van der Waals surface area contributed by atoms with Crippen molar-refractivity contribution >= 4 is 0 Å². The van der Waals surface area contributed by atoms with Crippen LogP contribution in [0.1, 0.15) is 30.0 Å². The van der Waals surface area contributed by atoms with Crippen LogP contribution < -0.4 is 5.56 Å². The molecule has 138 valence electrons. The average molecular weight is 364 g/mol. The Balaban J connectivity index is 1.53. The Labute approximate surface area is 156 Å². The molecular formula is C21H21FN4O. The monoisotopic (exact) mass is 364 g/mol. The number of rotatable bonds is 4. The Morgan fingerprint density at radius 1 is 1.15 bits per heavy atom. The van der Waals surface area contributed by atoms with E-state index >= 15 is 0 Å². The van der Waals surface area contributed by atoms with Gasteiger partial charge in [-0.1, -0.05) is 12.1 Å². The van der Waals surface area contributed by atoms with Gasteiger partial charge in [0.25, 0.3) is 5.56 Å². The summed E-state index contributed by atoms with van der Waals surface area (Å²) in [5.74, 6) is 0.573. The number of hydrogen-bond acceptors (Lipinski definition) is 4. The van der Waals surface area contributed by atoms with Crippen molar-refractivity contribution in [1.29, 1.82) is 0 Å². The zero-order valence-corrected chi connectivity index (χ0v) is 14.9. The summed E-state index contributed by atoms with van der Waals surface area (Å²) in [6.45, 7) is 2.61. The first-order valence-electron chi connectivity index (χ1n) is 9.16. The van der Waals surface area contributed by atoms with Gasteiger partial charge < -0.3 is 4.98 Å². The lowest BCUT2D eigenvalue weighted by Crippen LogP contribution is -2.34. The van der Waals surface area contributed by atoms with Crippen molar-refractivity contribution in [2.75, 3.05) is 13.1 Å². The van der Waals surface area contributed by atoms with Gasteiger partial charge in [0.05, 0.1) is 5.69 Å². The molecule has 0 radical (unpaired) electrons. The smallest absolute Gasteiger partial charge is 0.251 e. The zero-order valence-electron chi connectivity index (χ0n) is 14.9. The molecule has 5 nitrogen and oxygen atoms in total. The molecule has 4 rings (SSSR count). The van der Waals surface area contributed by atoms with Gasteiger partial charge in [0.2, 0.25) is 0 Å². The van der Waals surface area contributed by atoms with Crippen molar-refractivity contribution in [3.63, 3.8) is 0 Å². The Morgan fingerprint density at radius 3 is 2.70 bits per heavy atom. The van der Waals surface area contributed by atoms with Gasteiger partial charge >= 0.3 is 0 Å². The van der Waals surface area contributed by atoms with Gasteiger partial charge in [-0.25, -0.2) is 9.37 Å². The predicted octanol–water partition coefficient (Wildman–Crippen LogP) is 3.35. The van der Waals surface area contributed by atoms with Crippen LogP contribution in [0.2, 0.25) is 0 Å². The molecular weight excluding hydrogens is 343 g/mol. The van der Waals surface area contributed by atoms with Crippen molar-refractivity contribution in [3.8, 4) is 11.4 Å². The topological polar surface area (TPSA) is 61.9 Å². The standard InChI is InChI=1S/C21H21FN4O/c22-18-5-3-15(4-6-18)13-26-11-1-2-17(14-26)19-12-20(27)25-21(24-19)16-7-9-23-10-8-16/h3-10,12,17H,1-2,11,13-14H2,(H,24,25,27)/t17-/m0/s1. The Hall–Kier alpha value is -2.86. The van der Waals surface area contributed by atoms with E-state index in [9.17, 15) is 9.18 Å². The van der Waals surface area contributed by atoms with E-state index in [2.05, 4.69) is 14.9 Å². The molecule has 3 heterocycles. The zero-order chi connectivity index (χ0) is 18.6. The third kappa shape index (κ3) is 4.28. The van der Waals surface area contributed by atoms with Crippen molar-refractivity contribution in [3.05, 3.63) is 82.3 Å². The molecule has 2 aromatic heterocycles. The van der Waals surface area contributed by atoms with E-state index in [1.165, 1.54) is 12.1 Å². The molecule has 1 atom stereocenters. The lowest BCUT2D eigenvalue weighted by atomic mass is 9.94.